The highest BCUT2D eigenvalue weighted by atomic mass is 16.9. The summed E-state index contributed by atoms with van der Waals surface area (Å²) in [5, 5.41) is 0. The van der Waals surface area contributed by atoms with Crippen molar-refractivity contribution < 1.29 is 28.4 Å². The molecular formula is C27H54O6. The van der Waals surface area contributed by atoms with Gasteiger partial charge in [0.15, 0.2) is 0 Å². The van der Waals surface area contributed by atoms with Crippen molar-refractivity contribution >= 4 is 0 Å². The van der Waals surface area contributed by atoms with Gasteiger partial charge in [-0.05, 0) is 46.5 Å². The van der Waals surface area contributed by atoms with Crippen molar-refractivity contribution in [2.45, 2.75) is 116 Å². The van der Waals surface area contributed by atoms with Gasteiger partial charge in [-0.15, -0.1) is 6.58 Å². The van der Waals surface area contributed by atoms with Crippen LogP contribution in [-0.4, -0.2) is 65.4 Å². The summed E-state index contributed by atoms with van der Waals surface area (Å²) >= 11 is 0. The lowest BCUT2D eigenvalue weighted by Crippen LogP contribution is -2.51. The average molecular weight is 475 g/mol. The zero-order chi connectivity index (χ0) is 25.0. The van der Waals surface area contributed by atoms with Crippen molar-refractivity contribution in [1.29, 1.82) is 0 Å². The van der Waals surface area contributed by atoms with Crippen molar-refractivity contribution in [3.8, 4) is 0 Å². The number of unbranched alkanes of at least 4 members (excludes halogenated alkanes) is 5. The summed E-state index contributed by atoms with van der Waals surface area (Å²) in [4.78, 5) is 0. The second kappa shape index (κ2) is 20.8. The van der Waals surface area contributed by atoms with Crippen LogP contribution in [0.15, 0.2) is 12.7 Å². The van der Waals surface area contributed by atoms with E-state index in [0.29, 0.717) is 19.8 Å². The fourth-order valence-electron chi connectivity index (χ4n) is 3.80. The van der Waals surface area contributed by atoms with Gasteiger partial charge in [-0.3, -0.25) is 0 Å². The lowest BCUT2D eigenvalue weighted by atomic mass is 9.97. The number of hydrogen-bond acceptors (Lipinski definition) is 6. The Morgan fingerprint density at radius 3 is 1.39 bits per heavy atom. The van der Waals surface area contributed by atoms with Crippen LogP contribution in [0.4, 0.5) is 0 Å². The Kier molecular flexibility index (Phi) is 20.5. The zero-order valence-electron chi connectivity index (χ0n) is 22.7. The molecule has 0 aromatic heterocycles. The fourth-order valence-corrected chi connectivity index (χ4v) is 3.80. The molecule has 6 nitrogen and oxygen atoms in total. The first-order chi connectivity index (χ1) is 15.9. The SMILES string of the molecule is C=CC(CCCCCCCC)C(OC(C)CCOC)(OC(C)CCOC)OC(C)CCOC. The van der Waals surface area contributed by atoms with E-state index in [4.69, 9.17) is 28.4 Å². The van der Waals surface area contributed by atoms with Gasteiger partial charge in [0.05, 0.1) is 24.2 Å². The minimum absolute atomic E-state index is 0.0938. The monoisotopic (exact) mass is 474 g/mol. The molecule has 0 bridgehead atoms. The van der Waals surface area contributed by atoms with Crippen LogP contribution in [0.3, 0.4) is 0 Å². The van der Waals surface area contributed by atoms with Crippen molar-refractivity contribution in [2.24, 2.45) is 5.92 Å². The van der Waals surface area contributed by atoms with Gasteiger partial charge in [0, 0.05) is 41.2 Å². The molecule has 0 aromatic carbocycles. The molecule has 0 N–H and O–H groups in total. The first-order valence-corrected chi connectivity index (χ1v) is 13.0. The lowest BCUT2D eigenvalue weighted by Gasteiger charge is -2.43. The van der Waals surface area contributed by atoms with Crippen molar-refractivity contribution in [1.82, 2.24) is 0 Å². The molecule has 0 rings (SSSR count). The predicted octanol–water partition coefficient (Wildman–Crippen LogP) is 6.52. The van der Waals surface area contributed by atoms with E-state index in [0.717, 1.165) is 32.1 Å². The van der Waals surface area contributed by atoms with E-state index in [9.17, 15) is 0 Å². The van der Waals surface area contributed by atoms with Crippen molar-refractivity contribution in [2.75, 3.05) is 41.2 Å². The molecule has 0 aromatic rings. The molecule has 0 amide bonds. The Balaban J connectivity index is 5.66. The number of methoxy groups -OCH3 is 3. The highest BCUT2D eigenvalue weighted by molar-refractivity contribution is 4.89. The fraction of sp³-hybridized carbons (Fsp3) is 0.926. The maximum absolute atomic E-state index is 6.61. The van der Waals surface area contributed by atoms with Gasteiger partial charge >= 0.3 is 0 Å². The second-order valence-electron chi connectivity index (χ2n) is 9.13. The summed E-state index contributed by atoms with van der Waals surface area (Å²) in [7, 11) is 5.12. The maximum Gasteiger partial charge on any atom is 0.290 e. The topological polar surface area (TPSA) is 55.4 Å². The summed E-state index contributed by atoms with van der Waals surface area (Å²) in [6, 6.07) is 0. The Bertz CT molecular complexity index is 404. The van der Waals surface area contributed by atoms with Gasteiger partial charge in [-0.1, -0.05) is 51.5 Å². The largest absolute Gasteiger partial charge is 0.385 e. The van der Waals surface area contributed by atoms with E-state index in [1.54, 1.807) is 21.3 Å². The molecule has 0 aliphatic rings. The molecule has 0 fully saturated rings. The molecular weight excluding hydrogens is 420 g/mol. The van der Waals surface area contributed by atoms with Crippen LogP contribution in [0.5, 0.6) is 0 Å². The van der Waals surface area contributed by atoms with Crippen LogP contribution in [0.2, 0.25) is 0 Å². The van der Waals surface area contributed by atoms with Gasteiger partial charge in [-0.25, -0.2) is 0 Å². The van der Waals surface area contributed by atoms with Gasteiger partial charge in [-0.2, -0.15) is 0 Å². The van der Waals surface area contributed by atoms with Crippen LogP contribution in [0.1, 0.15) is 91.9 Å². The Labute approximate surface area is 204 Å². The molecule has 4 atom stereocenters. The minimum atomic E-state index is -1.21. The molecule has 0 spiro atoms. The molecule has 0 saturated heterocycles. The summed E-state index contributed by atoms with van der Waals surface area (Å²) in [5.41, 5.74) is 0. The Morgan fingerprint density at radius 2 is 1.03 bits per heavy atom. The van der Waals surface area contributed by atoms with Crippen LogP contribution >= 0.6 is 0 Å². The third kappa shape index (κ3) is 15.2. The quantitative estimate of drug-likeness (QED) is 0.0902. The predicted molar refractivity (Wildman–Crippen MR) is 136 cm³/mol. The second-order valence-corrected chi connectivity index (χ2v) is 9.13. The lowest BCUT2D eigenvalue weighted by molar-refractivity contribution is -0.432. The number of hydrogen-bond donors (Lipinski definition) is 0. The number of rotatable bonds is 24. The third-order valence-electron chi connectivity index (χ3n) is 5.89. The van der Waals surface area contributed by atoms with E-state index in [-0.39, 0.29) is 24.2 Å². The summed E-state index contributed by atoms with van der Waals surface area (Å²) < 4.78 is 35.7. The van der Waals surface area contributed by atoms with E-state index in [2.05, 4.69) is 13.5 Å². The first kappa shape index (κ1) is 32.5. The van der Waals surface area contributed by atoms with E-state index < -0.39 is 5.97 Å². The van der Waals surface area contributed by atoms with E-state index in [1.165, 1.54) is 32.1 Å². The van der Waals surface area contributed by atoms with Crippen LogP contribution < -0.4 is 0 Å². The summed E-state index contributed by atoms with van der Waals surface area (Å²) in [5.74, 6) is -1.30. The van der Waals surface area contributed by atoms with Gasteiger partial charge in [0.2, 0.25) is 0 Å². The summed E-state index contributed by atoms with van der Waals surface area (Å²) in [6.07, 6.45) is 12.2. The van der Waals surface area contributed by atoms with Gasteiger partial charge in [0.25, 0.3) is 5.97 Å². The molecule has 0 aliphatic heterocycles. The van der Waals surface area contributed by atoms with Gasteiger partial charge in [0.1, 0.15) is 0 Å². The van der Waals surface area contributed by atoms with E-state index in [1.807, 2.05) is 26.8 Å². The smallest absolute Gasteiger partial charge is 0.290 e. The third-order valence-corrected chi connectivity index (χ3v) is 5.89. The molecule has 0 saturated carbocycles. The normalized spacial score (nSPS) is 17.3. The highest BCUT2D eigenvalue weighted by Gasteiger charge is 2.45. The molecule has 6 heteroatoms. The average Bonchev–Trinajstić information content (AvgIpc) is 2.79. The number of ether oxygens (including phenoxy) is 6. The molecule has 0 aliphatic carbocycles. The Morgan fingerprint density at radius 1 is 0.636 bits per heavy atom. The molecule has 198 valence electrons. The first-order valence-electron chi connectivity index (χ1n) is 13.0. The molecule has 0 heterocycles. The van der Waals surface area contributed by atoms with Crippen LogP contribution in [-0.2, 0) is 28.4 Å². The summed E-state index contributed by atoms with van der Waals surface area (Å²) in [6.45, 7) is 14.4. The van der Waals surface area contributed by atoms with Gasteiger partial charge < -0.3 is 28.4 Å². The molecule has 33 heavy (non-hydrogen) atoms. The molecule has 0 radical (unpaired) electrons. The minimum Gasteiger partial charge on any atom is -0.385 e. The standard InChI is InChI=1S/C27H54O6/c1-9-11-12-13-14-15-16-26(10-2)27(31-23(3)17-20-28-6,32-24(4)18-21-29-7)33-25(5)19-22-30-8/h10,23-26H,2,9,11-22H2,1,3-8H3. The molecule has 4 unspecified atom stereocenters. The van der Waals surface area contributed by atoms with Crippen LogP contribution in [0, 0.1) is 5.92 Å². The zero-order valence-corrected chi connectivity index (χ0v) is 22.7. The highest BCUT2D eigenvalue weighted by Crippen LogP contribution is 2.36. The van der Waals surface area contributed by atoms with Crippen LogP contribution in [0.25, 0.3) is 0 Å². The van der Waals surface area contributed by atoms with E-state index >= 15 is 0 Å². The maximum atomic E-state index is 6.61. The Hall–Kier alpha value is -0.500. The van der Waals surface area contributed by atoms with Crippen molar-refractivity contribution in [3.63, 3.8) is 0 Å². The van der Waals surface area contributed by atoms with Crippen molar-refractivity contribution in [3.05, 3.63) is 12.7 Å².